The highest BCUT2D eigenvalue weighted by molar-refractivity contribution is 7.21. The highest BCUT2D eigenvalue weighted by Gasteiger charge is 2.23. The number of hydrogen-bond acceptors (Lipinski definition) is 7. The number of rotatable bonds is 5. The number of esters is 2. The standard InChI is InChI=1S/C18H20O6S/c1-10(19)11-6-7-12-13(8-11)25-16(17(21)22-5)15(12)23-9-14(20)24-18(2,3)4/h6-8H,9H2,1-5H3. The molecule has 0 amide bonds. The van der Waals surface area contributed by atoms with Gasteiger partial charge in [0.25, 0.3) is 0 Å². The summed E-state index contributed by atoms with van der Waals surface area (Å²) in [4.78, 5) is 35.7. The van der Waals surface area contributed by atoms with Crippen LogP contribution in [-0.2, 0) is 14.3 Å². The summed E-state index contributed by atoms with van der Waals surface area (Å²) in [7, 11) is 1.27. The zero-order valence-corrected chi connectivity index (χ0v) is 15.6. The van der Waals surface area contributed by atoms with E-state index in [2.05, 4.69) is 0 Å². The largest absolute Gasteiger partial charge is 0.479 e. The van der Waals surface area contributed by atoms with Crippen molar-refractivity contribution in [2.45, 2.75) is 33.3 Å². The minimum absolute atomic E-state index is 0.0776. The maximum atomic E-state index is 12.0. The number of methoxy groups -OCH3 is 1. The third-order valence-electron chi connectivity index (χ3n) is 3.18. The fourth-order valence-electron chi connectivity index (χ4n) is 2.16. The number of fused-ring (bicyclic) bond motifs is 1. The number of carbonyl (C=O) groups is 3. The molecule has 0 aliphatic carbocycles. The zero-order chi connectivity index (χ0) is 18.8. The molecule has 0 bridgehead atoms. The topological polar surface area (TPSA) is 78.9 Å². The van der Waals surface area contributed by atoms with Crippen molar-refractivity contribution >= 4 is 39.1 Å². The zero-order valence-electron chi connectivity index (χ0n) is 14.8. The van der Waals surface area contributed by atoms with Crippen molar-refractivity contribution < 1.29 is 28.6 Å². The van der Waals surface area contributed by atoms with E-state index in [0.29, 0.717) is 15.6 Å². The lowest BCUT2D eigenvalue weighted by molar-refractivity contribution is -0.157. The van der Waals surface area contributed by atoms with Crippen molar-refractivity contribution in [1.29, 1.82) is 0 Å². The van der Waals surface area contributed by atoms with Crippen LogP contribution in [0.25, 0.3) is 10.1 Å². The Morgan fingerprint density at radius 2 is 1.84 bits per heavy atom. The molecule has 0 unspecified atom stereocenters. The Morgan fingerprint density at radius 3 is 2.40 bits per heavy atom. The predicted octanol–water partition coefficient (Wildman–Crippen LogP) is 3.61. The number of ether oxygens (including phenoxy) is 3. The van der Waals surface area contributed by atoms with Crippen LogP contribution >= 0.6 is 11.3 Å². The Balaban J connectivity index is 2.37. The van der Waals surface area contributed by atoms with Gasteiger partial charge in [0.15, 0.2) is 23.0 Å². The average Bonchev–Trinajstić information content (AvgIpc) is 2.88. The molecule has 6 nitrogen and oxygen atoms in total. The molecule has 7 heteroatoms. The van der Waals surface area contributed by atoms with Gasteiger partial charge in [-0.25, -0.2) is 9.59 Å². The molecule has 1 aromatic heterocycles. The van der Waals surface area contributed by atoms with E-state index in [1.807, 2.05) is 0 Å². The molecular weight excluding hydrogens is 344 g/mol. The van der Waals surface area contributed by atoms with Crippen LogP contribution in [0.3, 0.4) is 0 Å². The first-order chi connectivity index (χ1) is 11.6. The Bertz CT molecular complexity index is 828. The number of hydrogen-bond donors (Lipinski definition) is 0. The molecule has 2 rings (SSSR count). The van der Waals surface area contributed by atoms with Crippen LogP contribution in [0, 0.1) is 0 Å². The molecule has 0 radical (unpaired) electrons. The summed E-state index contributed by atoms with van der Waals surface area (Å²) in [5, 5.41) is 0.638. The molecule has 134 valence electrons. The number of carbonyl (C=O) groups excluding carboxylic acids is 3. The van der Waals surface area contributed by atoms with E-state index >= 15 is 0 Å². The lowest BCUT2D eigenvalue weighted by atomic mass is 10.1. The van der Waals surface area contributed by atoms with Crippen LogP contribution in [0.2, 0.25) is 0 Å². The van der Waals surface area contributed by atoms with E-state index in [0.717, 1.165) is 11.3 Å². The van der Waals surface area contributed by atoms with Crippen LogP contribution < -0.4 is 4.74 Å². The molecule has 0 spiro atoms. The normalized spacial score (nSPS) is 11.2. The van der Waals surface area contributed by atoms with Gasteiger partial charge in [0.1, 0.15) is 5.60 Å². The molecule has 25 heavy (non-hydrogen) atoms. The van der Waals surface area contributed by atoms with Gasteiger partial charge in [-0.3, -0.25) is 4.79 Å². The van der Waals surface area contributed by atoms with Crippen LogP contribution in [0.5, 0.6) is 5.75 Å². The lowest BCUT2D eigenvalue weighted by Gasteiger charge is -2.19. The van der Waals surface area contributed by atoms with Gasteiger partial charge in [0.05, 0.1) is 7.11 Å². The van der Waals surface area contributed by atoms with Crippen molar-refractivity contribution in [1.82, 2.24) is 0 Å². The Hall–Kier alpha value is -2.41. The Kier molecular flexibility index (Phi) is 5.47. The molecular formula is C18H20O6S. The fourth-order valence-corrected chi connectivity index (χ4v) is 3.27. The van der Waals surface area contributed by atoms with E-state index in [1.165, 1.54) is 14.0 Å². The van der Waals surface area contributed by atoms with Gasteiger partial charge < -0.3 is 14.2 Å². The van der Waals surface area contributed by atoms with Gasteiger partial charge in [-0.2, -0.15) is 0 Å². The van der Waals surface area contributed by atoms with E-state index in [1.54, 1.807) is 39.0 Å². The average molecular weight is 364 g/mol. The minimum atomic E-state index is -0.626. The number of Topliss-reactive ketones (excluding diaryl/α,β-unsaturated/α-hetero) is 1. The molecule has 0 atom stereocenters. The van der Waals surface area contributed by atoms with Crippen LogP contribution in [0.15, 0.2) is 18.2 Å². The van der Waals surface area contributed by atoms with E-state index in [-0.39, 0.29) is 23.0 Å². The highest BCUT2D eigenvalue weighted by atomic mass is 32.1. The molecule has 0 aliphatic heterocycles. The SMILES string of the molecule is COC(=O)c1sc2cc(C(C)=O)ccc2c1OCC(=O)OC(C)(C)C. The van der Waals surface area contributed by atoms with Gasteiger partial charge in [0.2, 0.25) is 0 Å². The second kappa shape index (κ2) is 7.23. The second-order valence-corrected chi connectivity index (χ2v) is 7.45. The Labute approximate surface area is 149 Å². The summed E-state index contributed by atoms with van der Waals surface area (Å²) in [5.41, 5.74) is -0.0949. The van der Waals surface area contributed by atoms with Crippen molar-refractivity contribution in [2.24, 2.45) is 0 Å². The summed E-state index contributed by atoms with van der Waals surface area (Å²) in [6, 6.07) is 5.04. The van der Waals surface area contributed by atoms with Gasteiger partial charge in [-0.1, -0.05) is 6.07 Å². The third-order valence-corrected chi connectivity index (χ3v) is 4.29. The molecule has 0 saturated heterocycles. The first kappa shape index (κ1) is 18.9. The van der Waals surface area contributed by atoms with E-state index in [4.69, 9.17) is 14.2 Å². The maximum Gasteiger partial charge on any atom is 0.351 e. The smallest absolute Gasteiger partial charge is 0.351 e. The van der Waals surface area contributed by atoms with Gasteiger partial charge in [-0.15, -0.1) is 11.3 Å². The number of ketones is 1. The van der Waals surface area contributed by atoms with Crippen LogP contribution in [0.4, 0.5) is 0 Å². The minimum Gasteiger partial charge on any atom is -0.479 e. The van der Waals surface area contributed by atoms with Crippen molar-refractivity contribution in [3.05, 3.63) is 28.6 Å². The van der Waals surface area contributed by atoms with Gasteiger partial charge in [0, 0.05) is 15.6 Å². The molecule has 0 fully saturated rings. The molecule has 2 aromatic rings. The number of benzene rings is 1. The Morgan fingerprint density at radius 1 is 1.16 bits per heavy atom. The maximum absolute atomic E-state index is 12.0. The summed E-state index contributed by atoms with van der Waals surface area (Å²) >= 11 is 1.15. The monoisotopic (exact) mass is 364 g/mol. The predicted molar refractivity (Wildman–Crippen MR) is 94.5 cm³/mol. The molecule has 1 aromatic carbocycles. The van der Waals surface area contributed by atoms with Gasteiger partial charge >= 0.3 is 11.9 Å². The molecule has 0 aliphatic rings. The van der Waals surface area contributed by atoms with Gasteiger partial charge in [-0.05, 0) is 39.8 Å². The van der Waals surface area contributed by atoms with Crippen molar-refractivity contribution in [3.8, 4) is 5.75 Å². The molecule has 0 N–H and O–H groups in total. The summed E-state index contributed by atoms with van der Waals surface area (Å²) in [5.74, 6) is -0.924. The van der Waals surface area contributed by atoms with E-state index in [9.17, 15) is 14.4 Å². The second-order valence-electron chi connectivity index (χ2n) is 6.39. The lowest BCUT2D eigenvalue weighted by Crippen LogP contribution is -2.27. The molecule has 1 heterocycles. The first-order valence-corrected chi connectivity index (χ1v) is 8.44. The summed E-state index contributed by atoms with van der Waals surface area (Å²) in [6.45, 7) is 6.41. The summed E-state index contributed by atoms with van der Waals surface area (Å²) in [6.07, 6.45) is 0. The number of thiophene rings is 1. The third kappa shape index (κ3) is 4.57. The highest BCUT2D eigenvalue weighted by Crippen LogP contribution is 2.39. The quantitative estimate of drug-likeness (QED) is 0.596. The van der Waals surface area contributed by atoms with E-state index < -0.39 is 17.5 Å². The summed E-state index contributed by atoms with van der Waals surface area (Å²) < 4.78 is 16.3. The van der Waals surface area contributed by atoms with Crippen molar-refractivity contribution in [2.75, 3.05) is 13.7 Å². The van der Waals surface area contributed by atoms with Crippen LogP contribution in [0.1, 0.15) is 47.7 Å². The first-order valence-electron chi connectivity index (χ1n) is 7.63. The van der Waals surface area contributed by atoms with Crippen molar-refractivity contribution in [3.63, 3.8) is 0 Å². The fraction of sp³-hybridized carbons (Fsp3) is 0.389. The van der Waals surface area contributed by atoms with Crippen LogP contribution in [-0.4, -0.2) is 37.0 Å². The molecule has 0 saturated carbocycles.